The third-order valence-electron chi connectivity index (χ3n) is 7.47. The molecule has 0 aliphatic heterocycles. The van der Waals surface area contributed by atoms with Crippen molar-refractivity contribution in [3.8, 4) is 17.3 Å². The summed E-state index contributed by atoms with van der Waals surface area (Å²) >= 11 is 1.79. The highest BCUT2D eigenvalue weighted by atomic mass is 32.2. The number of hydrogen-bond acceptors (Lipinski definition) is 7. The fourth-order valence-electron chi connectivity index (χ4n) is 4.93. The number of aromatic nitrogens is 3. The van der Waals surface area contributed by atoms with E-state index in [4.69, 9.17) is 0 Å². The standard InChI is InChI=1S/C30H30N6OS/c1-19(22-5-4-6-23-24(29(37)32-2)11-14-33-28(22)23)26(38-3)16-34-27-15-25(35-18-36-27)20-7-9-21(10-8-20)30(17-31)12-13-30/h4-11,14-15,18-19,26H,12-13,16H2,1-3H3,(H,32,37)(H,34,35,36). The van der Waals surface area contributed by atoms with Gasteiger partial charge >= 0.3 is 0 Å². The molecule has 0 saturated heterocycles. The van der Waals surface area contributed by atoms with Crippen LogP contribution in [-0.2, 0) is 5.41 Å². The molecule has 1 fully saturated rings. The van der Waals surface area contributed by atoms with Crippen molar-refractivity contribution in [3.63, 3.8) is 0 Å². The van der Waals surface area contributed by atoms with Crippen LogP contribution in [0, 0.1) is 11.3 Å². The Hall–Kier alpha value is -3.96. The molecule has 38 heavy (non-hydrogen) atoms. The van der Waals surface area contributed by atoms with Gasteiger partial charge in [0.05, 0.1) is 28.3 Å². The van der Waals surface area contributed by atoms with Crippen LogP contribution in [0.4, 0.5) is 5.82 Å². The van der Waals surface area contributed by atoms with Crippen LogP contribution in [0.25, 0.3) is 22.2 Å². The number of fused-ring (bicyclic) bond motifs is 1. The van der Waals surface area contributed by atoms with Crippen molar-refractivity contribution < 1.29 is 4.79 Å². The molecule has 2 aromatic carbocycles. The first-order valence-corrected chi connectivity index (χ1v) is 14.0. The number of rotatable bonds is 9. The van der Waals surface area contributed by atoms with Crippen LogP contribution in [-0.4, -0.2) is 46.0 Å². The number of anilines is 1. The molecular formula is C30H30N6OS. The SMILES string of the molecule is CNC(=O)c1ccnc2c(C(C)C(CNc3cc(-c4ccc(C5(C#N)CC5)cc4)ncn3)SC)cccc12. The highest BCUT2D eigenvalue weighted by Gasteiger charge is 2.44. The van der Waals surface area contributed by atoms with E-state index in [1.165, 1.54) is 0 Å². The molecule has 1 saturated carbocycles. The van der Waals surface area contributed by atoms with Crippen molar-refractivity contribution >= 4 is 34.4 Å². The molecule has 2 heterocycles. The number of para-hydroxylation sites is 1. The summed E-state index contributed by atoms with van der Waals surface area (Å²) in [4.78, 5) is 25.9. The first kappa shape index (κ1) is 25.7. The van der Waals surface area contributed by atoms with E-state index in [-0.39, 0.29) is 22.5 Å². The van der Waals surface area contributed by atoms with Gasteiger partial charge in [-0.05, 0) is 42.2 Å². The Morgan fingerprint density at radius 1 is 1.13 bits per heavy atom. The first-order valence-electron chi connectivity index (χ1n) is 12.7. The Morgan fingerprint density at radius 3 is 2.61 bits per heavy atom. The predicted molar refractivity (Wildman–Crippen MR) is 153 cm³/mol. The molecule has 2 atom stereocenters. The second kappa shape index (κ2) is 10.8. The molecule has 0 radical (unpaired) electrons. The van der Waals surface area contributed by atoms with Gasteiger partial charge in [-0.1, -0.05) is 49.4 Å². The fraction of sp³-hybridized carbons (Fsp3) is 0.300. The maximum Gasteiger partial charge on any atom is 0.251 e. The maximum atomic E-state index is 12.4. The van der Waals surface area contributed by atoms with Gasteiger partial charge in [-0.2, -0.15) is 17.0 Å². The van der Waals surface area contributed by atoms with Crippen LogP contribution in [0.3, 0.4) is 0 Å². The minimum Gasteiger partial charge on any atom is -0.369 e. The minimum atomic E-state index is -0.288. The third-order valence-corrected chi connectivity index (χ3v) is 8.65. The van der Waals surface area contributed by atoms with Gasteiger partial charge in [0, 0.05) is 42.1 Å². The summed E-state index contributed by atoms with van der Waals surface area (Å²) in [7, 11) is 1.64. The molecule has 2 N–H and O–H groups in total. The number of amides is 1. The Bertz CT molecular complexity index is 1510. The summed E-state index contributed by atoms with van der Waals surface area (Å²) in [6, 6.07) is 20.4. The highest BCUT2D eigenvalue weighted by molar-refractivity contribution is 7.99. The van der Waals surface area contributed by atoms with Crippen LogP contribution in [0.1, 0.15) is 47.2 Å². The van der Waals surface area contributed by atoms with Gasteiger partial charge in [0.2, 0.25) is 0 Å². The number of carbonyl (C=O) groups excluding carboxylic acids is 1. The number of nitrogens with one attached hydrogen (secondary N) is 2. The zero-order chi connectivity index (χ0) is 26.7. The number of benzene rings is 2. The zero-order valence-electron chi connectivity index (χ0n) is 21.7. The second-order valence-electron chi connectivity index (χ2n) is 9.68. The lowest BCUT2D eigenvalue weighted by Crippen LogP contribution is -2.23. The van der Waals surface area contributed by atoms with E-state index in [0.717, 1.165) is 51.9 Å². The molecule has 4 aromatic rings. The van der Waals surface area contributed by atoms with Crippen molar-refractivity contribution in [2.45, 2.75) is 36.3 Å². The monoisotopic (exact) mass is 522 g/mol. The van der Waals surface area contributed by atoms with E-state index < -0.39 is 0 Å². The molecule has 1 amide bonds. The number of nitriles is 1. The molecule has 192 valence electrons. The van der Waals surface area contributed by atoms with E-state index in [9.17, 15) is 10.1 Å². The minimum absolute atomic E-state index is 0.114. The van der Waals surface area contributed by atoms with Crippen LogP contribution < -0.4 is 10.6 Å². The largest absolute Gasteiger partial charge is 0.369 e. The number of carbonyl (C=O) groups is 1. The van der Waals surface area contributed by atoms with E-state index in [0.29, 0.717) is 12.1 Å². The van der Waals surface area contributed by atoms with E-state index in [1.807, 2.05) is 42.5 Å². The number of hydrogen-bond donors (Lipinski definition) is 2. The molecule has 5 rings (SSSR count). The molecule has 1 aliphatic carbocycles. The Morgan fingerprint density at radius 2 is 1.92 bits per heavy atom. The highest BCUT2D eigenvalue weighted by Crippen LogP contribution is 2.47. The average Bonchev–Trinajstić information content (AvgIpc) is 3.78. The van der Waals surface area contributed by atoms with E-state index in [1.54, 1.807) is 37.4 Å². The average molecular weight is 523 g/mol. The maximum absolute atomic E-state index is 12.4. The number of thioether (sulfide) groups is 1. The lowest BCUT2D eigenvalue weighted by molar-refractivity contribution is 0.0964. The molecular weight excluding hydrogens is 492 g/mol. The number of pyridine rings is 1. The van der Waals surface area contributed by atoms with Gasteiger partial charge in [0.1, 0.15) is 12.1 Å². The first-order chi connectivity index (χ1) is 18.5. The van der Waals surface area contributed by atoms with Gasteiger partial charge in [-0.15, -0.1) is 0 Å². The lowest BCUT2D eigenvalue weighted by atomic mass is 9.93. The van der Waals surface area contributed by atoms with E-state index >= 15 is 0 Å². The smallest absolute Gasteiger partial charge is 0.251 e. The molecule has 8 heteroatoms. The third kappa shape index (κ3) is 4.94. The summed E-state index contributed by atoms with van der Waals surface area (Å²) in [6.45, 7) is 2.90. The summed E-state index contributed by atoms with van der Waals surface area (Å²) < 4.78 is 0. The van der Waals surface area contributed by atoms with Crippen molar-refractivity contribution in [3.05, 3.63) is 83.8 Å². The molecule has 0 bridgehead atoms. The van der Waals surface area contributed by atoms with Gasteiger partial charge in [0.25, 0.3) is 5.91 Å². The quantitative estimate of drug-likeness (QED) is 0.297. The Balaban J connectivity index is 1.32. The predicted octanol–water partition coefficient (Wildman–Crippen LogP) is 5.55. The second-order valence-corrected chi connectivity index (χ2v) is 10.8. The van der Waals surface area contributed by atoms with Crippen molar-refractivity contribution in [2.75, 3.05) is 25.2 Å². The summed E-state index contributed by atoms with van der Waals surface area (Å²) in [5, 5.41) is 16.8. The van der Waals surface area contributed by atoms with Crippen LogP contribution >= 0.6 is 11.8 Å². The van der Waals surface area contributed by atoms with Crippen LogP contribution in [0.2, 0.25) is 0 Å². The van der Waals surface area contributed by atoms with Crippen LogP contribution in [0.5, 0.6) is 0 Å². The topological polar surface area (TPSA) is 104 Å². The molecule has 2 unspecified atom stereocenters. The summed E-state index contributed by atoms with van der Waals surface area (Å²) in [6.07, 6.45) is 7.26. The van der Waals surface area contributed by atoms with E-state index in [2.05, 4.69) is 50.9 Å². The molecule has 1 aliphatic rings. The molecule has 2 aromatic heterocycles. The summed E-state index contributed by atoms with van der Waals surface area (Å²) in [5.41, 5.74) is 5.23. The lowest BCUT2D eigenvalue weighted by Gasteiger charge is -2.24. The van der Waals surface area contributed by atoms with Gasteiger partial charge in [0.15, 0.2) is 0 Å². The number of nitrogens with zero attached hydrogens (tertiary/aromatic N) is 4. The van der Waals surface area contributed by atoms with Crippen molar-refractivity contribution in [2.24, 2.45) is 0 Å². The molecule has 0 spiro atoms. The fourth-order valence-corrected chi connectivity index (χ4v) is 5.74. The summed E-state index contributed by atoms with van der Waals surface area (Å²) in [5.74, 6) is 0.827. The van der Waals surface area contributed by atoms with Crippen LogP contribution in [0.15, 0.2) is 67.1 Å². The van der Waals surface area contributed by atoms with Gasteiger partial charge < -0.3 is 10.6 Å². The normalized spacial score (nSPS) is 15.3. The molecule has 7 nitrogen and oxygen atoms in total. The Labute approximate surface area is 227 Å². The van der Waals surface area contributed by atoms with Crippen molar-refractivity contribution in [1.29, 1.82) is 5.26 Å². The van der Waals surface area contributed by atoms with Crippen molar-refractivity contribution in [1.82, 2.24) is 20.3 Å². The van der Waals surface area contributed by atoms with Gasteiger partial charge in [-0.3, -0.25) is 9.78 Å². The zero-order valence-corrected chi connectivity index (χ0v) is 22.5. The van der Waals surface area contributed by atoms with Gasteiger partial charge in [-0.25, -0.2) is 9.97 Å². The Kier molecular flexibility index (Phi) is 7.30.